The van der Waals surface area contributed by atoms with Crippen LogP contribution in [-0.2, 0) is 12.0 Å². The van der Waals surface area contributed by atoms with Crippen molar-refractivity contribution in [3.05, 3.63) is 63.6 Å². The Bertz CT molecular complexity index is 563. The third-order valence-corrected chi connectivity index (χ3v) is 3.99. The first kappa shape index (κ1) is 15.2. The third-order valence-electron chi connectivity index (χ3n) is 3.28. The number of halogens is 2. The quantitative estimate of drug-likeness (QED) is 0.744. The number of rotatable bonds is 3. The molecule has 0 aliphatic carbocycles. The SMILES string of the molecule is CC(C)(C)c1ccc(NCc2c(Cl)cccc2Cl)cc1. The molecule has 0 heterocycles. The van der Waals surface area contributed by atoms with Crippen LogP contribution < -0.4 is 5.32 Å². The summed E-state index contributed by atoms with van der Waals surface area (Å²) in [5, 5.41) is 4.73. The Labute approximate surface area is 130 Å². The van der Waals surface area contributed by atoms with Crippen molar-refractivity contribution in [3.8, 4) is 0 Å². The minimum atomic E-state index is 0.171. The van der Waals surface area contributed by atoms with Gasteiger partial charge >= 0.3 is 0 Å². The molecule has 3 heteroatoms. The fourth-order valence-corrected chi connectivity index (χ4v) is 2.51. The second-order valence-electron chi connectivity index (χ2n) is 5.88. The van der Waals surface area contributed by atoms with Gasteiger partial charge < -0.3 is 5.32 Å². The van der Waals surface area contributed by atoms with E-state index in [-0.39, 0.29) is 5.41 Å². The lowest BCUT2D eigenvalue weighted by atomic mass is 9.87. The summed E-state index contributed by atoms with van der Waals surface area (Å²) in [6.07, 6.45) is 0. The van der Waals surface area contributed by atoms with E-state index in [0.29, 0.717) is 16.6 Å². The second-order valence-corrected chi connectivity index (χ2v) is 6.70. The predicted octanol–water partition coefficient (Wildman–Crippen LogP) is 5.90. The molecule has 0 amide bonds. The summed E-state index contributed by atoms with van der Waals surface area (Å²) in [4.78, 5) is 0. The van der Waals surface area contributed by atoms with Crippen LogP contribution in [0.3, 0.4) is 0 Å². The van der Waals surface area contributed by atoms with Crippen LogP contribution in [0.15, 0.2) is 42.5 Å². The summed E-state index contributed by atoms with van der Waals surface area (Å²) in [6.45, 7) is 7.24. The van der Waals surface area contributed by atoms with Crippen molar-refractivity contribution in [3.63, 3.8) is 0 Å². The largest absolute Gasteiger partial charge is 0.381 e. The molecule has 2 aromatic rings. The van der Waals surface area contributed by atoms with Gasteiger partial charge in [-0.2, -0.15) is 0 Å². The molecule has 0 atom stereocenters. The molecule has 106 valence electrons. The zero-order valence-corrected chi connectivity index (χ0v) is 13.5. The van der Waals surface area contributed by atoms with Crippen molar-refractivity contribution >= 4 is 28.9 Å². The highest BCUT2D eigenvalue weighted by Gasteiger charge is 2.12. The fraction of sp³-hybridized carbons (Fsp3) is 0.294. The molecule has 0 spiro atoms. The minimum absolute atomic E-state index is 0.171. The van der Waals surface area contributed by atoms with Gasteiger partial charge in [0.25, 0.3) is 0 Å². The van der Waals surface area contributed by atoms with Crippen molar-refractivity contribution in [2.24, 2.45) is 0 Å². The van der Waals surface area contributed by atoms with Crippen LogP contribution in [0, 0.1) is 0 Å². The van der Waals surface area contributed by atoms with Crippen LogP contribution in [0.1, 0.15) is 31.9 Å². The minimum Gasteiger partial charge on any atom is -0.381 e. The normalized spacial score (nSPS) is 11.4. The molecule has 0 fully saturated rings. The van der Waals surface area contributed by atoms with Gasteiger partial charge in [-0.25, -0.2) is 0 Å². The Morgan fingerprint density at radius 3 is 1.95 bits per heavy atom. The van der Waals surface area contributed by atoms with Crippen molar-refractivity contribution in [1.82, 2.24) is 0 Å². The summed E-state index contributed by atoms with van der Waals surface area (Å²) in [6, 6.07) is 14.0. The highest BCUT2D eigenvalue weighted by molar-refractivity contribution is 6.36. The maximum Gasteiger partial charge on any atom is 0.0470 e. The Balaban J connectivity index is 2.08. The predicted molar refractivity (Wildman–Crippen MR) is 88.9 cm³/mol. The lowest BCUT2D eigenvalue weighted by Gasteiger charge is -2.19. The summed E-state index contributed by atoms with van der Waals surface area (Å²) in [7, 11) is 0. The van der Waals surface area contributed by atoms with Crippen LogP contribution in [0.5, 0.6) is 0 Å². The number of hydrogen-bond acceptors (Lipinski definition) is 1. The zero-order valence-electron chi connectivity index (χ0n) is 12.0. The van der Waals surface area contributed by atoms with E-state index < -0.39 is 0 Å². The van der Waals surface area contributed by atoms with Gasteiger partial charge in [-0.1, -0.05) is 62.2 Å². The maximum atomic E-state index is 6.16. The molecular formula is C17H19Cl2N. The van der Waals surface area contributed by atoms with Crippen molar-refractivity contribution in [2.75, 3.05) is 5.32 Å². The summed E-state index contributed by atoms with van der Waals surface area (Å²) in [5.41, 5.74) is 3.48. The van der Waals surface area contributed by atoms with Gasteiger partial charge in [0.15, 0.2) is 0 Å². The Hall–Kier alpha value is -1.18. The lowest BCUT2D eigenvalue weighted by molar-refractivity contribution is 0.590. The molecule has 2 aromatic carbocycles. The molecule has 20 heavy (non-hydrogen) atoms. The molecule has 1 nitrogen and oxygen atoms in total. The fourth-order valence-electron chi connectivity index (χ4n) is 1.98. The van der Waals surface area contributed by atoms with Crippen LogP contribution in [-0.4, -0.2) is 0 Å². The van der Waals surface area contributed by atoms with Crippen molar-refractivity contribution < 1.29 is 0 Å². The number of nitrogens with one attached hydrogen (secondary N) is 1. The van der Waals surface area contributed by atoms with Gasteiger partial charge in [-0.3, -0.25) is 0 Å². The van der Waals surface area contributed by atoms with Crippen molar-refractivity contribution in [2.45, 2.75) is 32.7 Å². The lowest BCUT2D eigenvalue weighted by Crippen LogP contribution is -2.10. The van der Waals surface area contributed by atoms with E-state index in [0.717, 1.165) is 11.3 Å². The first-order valence-electron chi connectivity index (χ1n) is 6.65. The third kappa shape index (κ3) is 3.68. The topological polar surface area (TPSA) is 12.0 Å². The van der Waals surface area contributed by atoms with Gasteiger partial charge in [-0.15, -0.1) is 0 Å². The van der Waals surface area contributed by atoms with Crippen molar-refractivity contribution in [1.29, 1.82) is 0 Å². The zero-order chi connectivity index (χ0) is 14.8. The molecule has 0 unspecified atom stereocenters. The average molecular weight is 308 g/mol. The molecule has 0 bridgehead atoms. The monoisotopic (exact) mass is 307 g/mol. The summed E-state index contributed by atoms with van der Waals surface area (Å²) in [5.74, 6) is 0. The van der Waals surface area contributed by atoms with Crippen LogP contribution in [0.2, 0.25) is 10.0 Å². The van der Waals surface area contributed by atoms with E-state index in [1.807, 2.05) is 18.2 Å². The average Bonchev–Trinajstić information content (AvgIpc) is 2.37. The van der Waals surface area contributed by atoms with Crippen LogP contribution in [0.25, 0.3) is 0 Å². The van der Waals surface area contributed by atoms with Crippen LogP contribution >= 0.6 is 23.2 Å². The smallest absolute Gasteiger partial charge is 0.0470 e. The van der Waals surface area contributed by atoms with Gasteiger partial charge in [0, 0.05) is 27.8 Å². The Morgan fingerprint density at radius 1 is 0.900 bits per heavy atom. The number of hydrogen-bond donors (Lipinski definition) is 1. The molecule has 0 aromatic heterocycles. The van der Waals surface area contributed by atoms with Crippen LogP contribution in [0.4, 0.5) is 5.69 Å². The first-order chi connectivity index (χ1) is 9.38. The maximum absolute atomic E-state index is 6.16. The van der Waals surface area contributed by atoms with E-state index in [9.17, 15) is 0 Å². The standard InChI is InChI=1S/C17H19Cl2N/c1-17(2,3)12-7-9-13(10-8-12)20-11-14-15(18)5-4-6-16(14)19/h4-10,20H,11H2,1-3H3. The molecule has 1 N–H and O–H groups in total. The Morgan fingerprint density at radius 2 is 1.45 bits per heavy atom. The number of benzene rings is 2. The molecule has 2 rings (SSSR count). The summed E-state index contributed by atoms with van der Waals surface area (Å²) >= 11 is 12.3. The highest BCUT2D eigenvalue weighted by Crippen LogP contribution is 2.26. The molecular weight excluding hydrogens is 289 g/mol. The molecule has 0 aliphatic rings. The van der Waals surface area contributed by atoms with E-state index in [1.165, 1.54) is 5.56 Å². The van der Waals surface area contributed by atoms with Gasteiger partial charge in [0.2, 0.25) is 0 Å². The molecule has 0 saturated carbocycles. The van der Waals surface area contributed by atoms with E-state index in [2.05, 4.69) is 50.4 Å². The Kier molecular flexibility index (Phi) is 4.62. The number of anilines is 1. The molecule has 0 aliphatic heterocycles. The van der Waals surface area contributed by atoms with Gasteiger partial charge in [0.05, 0.1) is 0 Å². The molecule has 0 saturated heterocycles. The van der Waals surface area contributed by atoms with E-state index in [4.69, 9.17) is 23.2 Å². The van der Waals surface area contributed by atoms with Gasteiger partial charge in [0.1, 0.15) is 0 Å². The second kappa shape index (κ2) is 6.07. The van der Waals surface area contributed by atoms with Gasteiger partial charge in [-0.05, 0) is 35.2 Å². The molecule has 0 radical (unpaired) electrons. The van der Waals surface area contributed by atoms with E-state index >= 15 is 0 Å². The first-order valence-corrected chi connectivity index (χ1v) is 7.41. The van der Waals surface area contributed by atoms with E-state index in [1.54, 1.807) is 0 Å². The highest BCUT2D eigenvalue weighted by atomic mass is 35.5. The summed E-state index contributed by atoms with van der Waals surface area (Å²) < 4.78 is 0.